The van der Waals surface area contributed by atoms with E-state index in [4.69, 9.17) is 4.74 Å². The molecule has 29 heavy (non-hydrogen) atoms. The van der Waals surface area contributed by atoms with Gasteiger partial charge in [-0.3, -0.25) is 0 Å². The fourth-order valence-corrected chi connectivity index (χ4v) is 4.98. The summed E-state index contributed by atoms with van der Waals surface area (Å²) in [5.74, 6) is 0.464. The number of aromatic nitrogens is 4. The van der Waals surface area contributed by atoms with Gasteiger partial charge in [-0.05, 0) is 38.8 Å². The molecular formula is C20H23N5O3S. The minimum Gasteiger partial charge on any atom is -0.377 e. The maximum absolute atomic E-state index is 12.9. The molecule has 8 nitrogen and oxygen atoms in total. The second-order valence-corrected chi connectivity index (χ2v) is 8.75. The Morgan fingerprint density at radius 3 is 2.59 bits per heavy atom. The highest BCUT2D eigenvalue weighted by atomic mass is 32.2. The van der Waals surface area contributed by atoms with Gasteiger partial charge in [0.15, 0.2) is 5.82 Å². The zero-order chi connectivity index (χ0) is 20.4. The van der Waals surface area contributed by atoms with Crippen LogP contribution in [0, 0.1) is 13.8 Å². The lowest BCUT2D eigenvalue weighted by atomic mass is 10.1. The molecule has 0 unspecified atom stereocenters. The Hall–Kier alpha value is -2.62. The maximum Gasteiger partial charge on any atom is 0.244 e. The average Bonchev–Trinajstić information content (AvgIpc) is 3.35. The van der Waals surface area contributed by atoms with Gasteiger partial charge in [-0.2, -0.15) is 5.10 Å². The van der Waals surface area contributed by atoms with Gasteiger partial charge in [0.05, 0.1) is 23.2 Å². The van der Waals surface area contributed by atoms with Crippen LogP contribution in [-0.2, 0) is 14.8 Å². The maximum atomic E-state index is 12.9. The summed E-state index contributed by atoms with van der Waals surface area (Å²) < 4.78 is 35.4. The number of hydrogen-bond acceptors (Lipinski definition) is 6. The summed E-state index contributed by atoms with van der Waals surface area (Å²) in [6.07, 6.45) is 1.75. The lowest BCUT2D eigenvalue weighted by Crippen LogP contribution is -2.32. The van der Waals surface area contributed by atoms with Gasteiger partial charge in [-0.25, -0.2) is 17.8 Å². The first-order valence-corrected chi connectivity index (χ1v) is 11.0. The number of nitrogens with one attached hydrogen (secondary N) is 1. The van der Waals surface area contributed by atoms with Gasteiger partial charge in [-0.15, -0.1) is 10.2 Å². The van der Waals surface area contributed by atoms with E-state index in [9.17, 15) is 8.42 Å². The zero-order valence-electron chi connectivity index (χ0n) is 16.4. The summed E-state index contributed by atoms with van der Waals surface area (Å²) in [6.45, 7) is 4.33. The molecule has 0 aliphatic carbocycles. The van der Waals surface area contributed by atoms with E-state index in [1.165, 1.54) is 4.68 Å². The van der Waals surface area contributed by atoms with Gasteiger partial charge >= 0.3 is 0 Å². The monoisotopic (exact) mass is 413 g/mol. The van der Waals surface area contributed by atoms with Crippen LogP contribution in [0.3, 0.4) is 0 Å². The van der Waals surface area contributed by atoms with Crippen molar-refractivity contribution in [1.82, 2.24) is 24.7 Å². The van der Waals surface area contributed by atoms with Gasteiger partial charge in [0.1, 0.15) is 4.90 Å². The molecule has 0 spiro atoms. The number of nitrogens with zero attached hydrogens (tertiary/aromatic N) is 4. The molecule has 1 aliphatic rings. The van der Waals surface area contributed by atoms with Crippen LogP contribution in [-0.4, -0.2) is 47.7 Å². The number of hydrogen-bond donors (Lipinski definition) is 1. The van der Waals surface area contributed by atoms with E-state index < -0.39 is 10.0 Å². The Morgan fingerprint density at radius 1 is 1.14 bits per heavy atom. The molecule has 4 rings (SSSR count). The Bertz CT molecular complexity index is 1090. The Morgan fingerprint density at radius 2 is 1.93 bits per heavy atom. The van der Waals surface area contributed by atoms with Crippen LogP contribution in [0.1, 0.15) is 24.2 Å². The highest BCUT2D eigenvalue weighted by molar-refractivity contribution is 7.89. The summed E-state index contributed by atoms with van der Waals surface area (Å²) in [4.78, 5) is 0.171. The molecule has 1 saturated heterocycles. The first-order chi connectivity index (χ1) is 14.0. The van der Waals surface area contributed by atoms with E-state index in [2.05, 4.69) is 20.0 Å². The highest BCUT2D eigenvalue weighted by Crippen LogP contribution is 2.23. The van der Waals surface area contributed by atoms with Crippen molar-refractivity contribution >= 4 is 10.0 Å². The molecule has 152 valence electrons. The number of benzene rings is 1. The van der Waals surface area contributed by atoms with Gasteiger partial charge in [0.25, 0.3) is 0 Å². The number of sulfonamides is 1. The Balaban J connectivity index is 1.59. The quantitative estimate of drug-likeness (QED) is 0.666. The van der Waals surface area contributed by atoms with E-state index in [-0.39, 0.29) is 17.5 Å². The molecule has 1 aromatic carbocycles. The van der Waals surface area contributed by atoms with Crippen molar-refractivity contribution in [1.29, 1.82) is 0 Å². The van der Waals surface area contributed by atoms with E-state index >= 15 is 0 Å². The van der Waals surface area contributed by atoms with Gasteiger partial charge in [0, 0.05) is 18.7 Å². The fourth-order valence-electron chi connectivity index (χ4n) is 3.52. The summed E-state index contributed by atoms with van der Waals surface area (Å²) in [5.41, 5.74) is 2.60. The van der Waals surface area contributed by atoms with Crippen LogP contribution in [0.15, 0.2) is 47.4 Å². The molecule has 0 amide bonds. The van der Waals surface area contributed by atoms with Crippen molar-refractivity contribution in [2.45, 2.75) is 37.7 Å². The SMILES string of the molecule is Cc1nn(-c2ccc(-c3ccccc3)nn2)c(C)c1S(=O)(=O)NC[C@@H]1CCCO1. The summed E-state index contributed by atoms with van der Waals surface area (Å²) >= 11 is 0. The molecule has 3 heterocycles. The zero-order valence-corrected chi connectivity index (χ0v) is 17.2. The molecule has 3 aromatic rings. The first-order valence-electron chi connectivity index (χ1n) is 9.53. The minimum absolute atomic E-state index is 0.0724. The van der Waals surface area contributed by atoms with Crippen molar-refractivity contribution in [3.63, 3.8) is 0 Å². The number of rotatable bonds is 6. The fraction of sp³-hybridized carbons (Fsp3) is 0.350. The van der Waals surface area contributed by atoms with Crippen LogP contribution < -0.4 is 4.72 Å². The normalized spacial score (nSPS) is 17.0. The molecule has 2 aromatic heterocycles. The van der Waals surface area contributed by atoms with E-state index in [0.29, 0.717) is 23.8 Å². The van der Waals surface area contributed by atoms with E-state index in [0.717, 1.165) is 24.1 Å². The van der Waals surface area contributed by atoms with Gasteiger partial charge < -0.3 is 4.74 Å². The summed E-state index contributed by atoms with van der Waals surface area (Å²) in [5, 5.41) is 12.9. The first kappa shape index (κ1) is 19.7. The predicted octanol–water partition coefficient (Wildman–Crippen LogP) is 2.40. The predicted molar refractivity (Wildman–Crippen MR) is 108 cm³/mol. The van der Waals surface area contributed by atoms with Crippen LogP contribution in [0.2, 0.25) is 0 Å². The van der Waals surface area contributed by atoms with Crippen LogP contribution >= 0.6 is 0 Å². The smallest absolute Gasteiger partial charge is 0.244 e. The van der Waals surface area contributed by atoms with Gasteiger partial charge in [0.2, 0.25) is 10.0 Å². The van der Waals surface area contributed by atoms with Crippen molar-refractivity contribution in [3.8, 4) is 17.1 Å². The second-order valence-electron chi connectivity index (χ2n) is 7.04. The molecule has 1 N–H and O–H groups in total. The van der Waals surface area contributed by atoms with Crippen LogP contribution in [0.4, 0.5) is 0 Å². The lowest BCUT2D eigenvalue weighted by molar-refractivity contribution is 0.114. The van der Waals surface area contributed by atoms with Crippen LogP contribution in [0.5, 0.6) is 0 Å². The minimum atomic E-state index is -3.71. The van der Waals surface area contributed by atoms with Crippen molar-refractivity contribution < 1.29 is 13.2 Å². The van der Waals surface area contributed by atoms with E-state index in [1.807, 2.05) is 36.4 Å². The number of aryl methyl sites for hydroxylation is 1. The third kappa shape index (κ3) is 4.07. The van der Waals surface area contributed by atoms with Crippen molar-refractivity contribution in [3.05, 3.63) is 53.9 Å². The lowest BCUT2D eigenvalue weighted by Gasteiger charge is -2.11. The molecule has 9 heteroatoms. The molecular weight excluding hydrogens is 390 g/mol. The molecule has 0 radical (unpaired) electrons. The van der Waals surface area contributed by atoms with Gasteiger partial charge in [-0.1, -0.05) is 30.3 Å². The largest absolute Gasteiger partial charge is 0.377 e. The number of ether oxygens (including phenoxy) is 1. The summed E-state index contributed by atoms with van der Waals surface area (Å²) in [6, 6.07) is 13.4. The van der Waals surface area contributed by atoms with E-state index in [1.54, 1.807) is 19.9 Å². The molecule has 1 atom stereocenters. The highest BCUT2D eigenvalue weighted by Gasteiger charge is 2.27. The average molecular weight is 414 g/mol. The molecule has 1 fully saturated rings. The Kier molecular flexibility index (Phi) is 5.44. The Labute approximate surface area is 170 Å². The third-order valence-corrected chi connectivity index (χ3v) is 6.63. The summed E-state index contributed by atoms with van der Waals surface area (Å²) in [7, 11) is -3.71. The van der Waals surface area contributed by atoms with Crippen molar-refractivity contribution in [2.75, 3.05) is 13.2 Å². The topological polar surface area (TPSA) is 99.0 Å². The molecule has 1 aliphatic heterocycles. The van der Waals surface area contributed by atoms with Crippen molar-refractivity contribution in [2.24, 2.45) is 0 Å². The third-order valence-electron chi connectivity index (χ3n) is 4.96. The molecule has 0 saturated carbocycles. The van der Waals surface area contributed by atoms with Crippen LogP contribution in [0.25, 0.3) is 17.1 Å². The molecule has 0 bridgehead atoms. The second kappa shape index (κ2) is 8.02. The standard InChI is InChI=1S/C20H23N5O3S/c1-14-20(29(26,27)21-13-17-9-6-12-28-17)15(2)25(24-14)19-11-10-18(22-23-19)16-7-4-3-5-8-16/h3-5,7-8,10-11,17,21H,6,9,12-13H2,1-2H3/t17-/m0/s1.